The highest BCUT2D eigenvalue weighted by atomic mass is 15.3. The highest BCUT2D eigenvalue weighted by Gasteiger charge is 2.32. The Bertz CT molecular complexity index is 541. The van der Waals surface area contributed by atoms with Gasteiger partial charge in [0.25, 0.3) is 0 Å². The zero-order chi connectivity index (χ0) is 19.9. The van der Waals surface area contributed by atoms with Gasteiger partial charge in [0.05, 0.1) is 0 Å². The third-order valence-electron chi connectivity index (χ3n) is 6.60. The summed E-state index contributed by atoms with van der Waals surface area (Å²) in [6, 6.07) is 7.74. The predicted molar refractivity (Wildman–Crippen MR) is 119 cm³/mol. The lowest BCUT2D eigenvalue weighted by molar-refractivity contribution is 0.0455. The molecule has 0 saturated carbocycles. The first kappa shape index (κ1) is 21.5. The third kappa shape index (κ3) is 5.46. The van der Waals surface area contributed by atoms with E-state index in [9.17, 15) is 0 Å². The van der Waals surface area contributed by atoms with Crippen LogP contribution in [0.25, 0.3) is 0 Å². The fourth-order valence-corrected chi connectivity index (χ4v) is 4.86. The van der Waals surface area contributed by atoms with Gasteiger partial charge in [0.15, 0.2) is 0 Å². The van der Waals surface area contributed by atoms with Crippen LogP contribution in [0.4, 0.5) is 5.82 Å². The highest BCUT2D eigenvalue weighted by molar-refractivity contribution is 5.40. The summed E-state index contributed by atoms with van der Waals surface area (Å²) in [5, 5.41) is 0. The van der Waals surface area contributed by atoms with Crippen LogP contribution in [0.15, 0.2) is 24.4 Å². The molecule has 0 N–H and O–H groups in total. The SMILES string of the molecule is CC.CC(C)N1CCC(N2CCN(CC3CN(c4ccccn4)C3)CC2)CC1. The van der Waals surface area contributed by atoms with Gasteiger partial charge in [0.2, 0.25) is 0 Å². The Morgan fingerprint density at radius 2 is 1.64 bits per heavy atom. The van der Waals surface area contributed by atoms with E-state index in [1.54, 1.807) is 0 Å². The van der Waals surface area contributed by atoms with E-state index in [0.717, 1.165) is 17.8 Å². The second-order valence-corrected chi connectivity index (χ2v) is 8.66. The van der Waals surface area contributed by atoms with E-state index in [1.807, 2.05) is 26.1 Å². The average molecular weight is 388 g/mol. The summed E-state index contributed by atoms with van der Waals surface area (Å²) < 4.78 is 0. The Kier molecular flexibility index (Phi) is 8.12. The maximum absolute atomic E-state index is 4.46. The molecule has 0 spiro atoms. The minimum absolute atomic E-state index is 0.709. The Morgan fingerprint density at radius 1 is 0.964 bits per heavy atom. The monoisotopic (exact) mass is 387 g/mol. The molecule has 3 aliphatic rings. The fraction of sp³-hybridized carbons (Fsp3) is 0.783. The fourth-order valence-electron chi connectivity index (χ4n) is 4.86. The first-order chi connectivity index (χ1) is 13.7. The molecule has 0 aromatic carbocycles. The largest absolute Gasteiger partial charge is 0.356 e. The summed E-state index contributed by atoms with van der Waals surface area (Å²) in [5.41, 5.74) is 0. The van der Waals surface area contributed by atoms with Gasteiger partial charge in [0.1, 0.15) is 5.82 Å². The van der Waals surface area contributed by atoms with Crippen LogP contribution in [0.5, 0.6) is 0 Å². The van der Waals surface area contributed by atoms with Crippen molar-refractivity contribution in [3.05, 3.63) is 24.4 Å². The number of nitrogens with zero attached hydrogens (tertiary/aromatic N) is 5. The molecule has 5 heteroatoms. The second kappa shape index (κ2) is 10.6. The molecule has 0 amide bonds. The third-order valence-corrected chi connectivity index (χ3v) is 6.60. The van der Waals surface area contributed by atoms with E-state index >= 15 is 0 Å². The maximum Gasteiger partial charge on any atom is 0.128 e. The first-order valence-electron chi connectivity index (χ1n) is 11.6. The van der Waals surface area contributed by atoms with Gasteiger partial charge < -0.3 is 14.7 Å². The Balaban J connectivity index is 0.00000109. The van der Waals surface area contributed by atoms with E-state index in [4.69, 9.17) is 0 Å². The van der Waals surface area contributed by atoms with E-state index < -0.39 is 0 Å². The molecule has 0 radical (unpaired) electrons. The molecule has 5 nitrogen and oxygen atoms in total. The molecule has 0 bridgehead atoms. The van der Waals surface area contributed by atoms with Gasteiger partial charge >= 0.3 is 0 Å². The van der Waals surface area contributed by atoms with Crippen LogP contribution in [-0.2, 0) is 0 Å². The molecule has 4 rings (SSSR count). The number of anilines is 1. The van der Waals surface area contributed by atoms with E-state index in [2.05, 4.69) is 50.6 Å². The standard InChI is InChI=1S/C21H35N5.C2H6/c1-18(2)24-9-6-20(7-10-24)25-13-11-23(12-14-25)15-19-16-26(17-19)21-5-3-4-8-22-21;1-2/h3-5,8,18-20H,6-7,9-17H2,1-2H3;1-2H3. The lowest BCUT2D eigenvalue weighted by Crippen LogP contribution is -2.57. The van der Waals surface area contributed by atoms with Crippen LogP contribution in [0.3, 0.4) is 0 Å². The molecule has 3 aliphatic heterocycles. The van der Waals surface area contributed by atoms with Crippen molar-refractivity contribution in [3.8, 4) is 0 Å². The summed E-state index contributed by atoms with van der Waals surface area (Å²) in [7, 11) is 0. The van der Waals surface area contributed by atoms with Crippen molar-refractivity contribution >= 4 is 5.82 Å². The number of rotatable bonds is 5. The van der Waals surface area contributed by atoms with E-state index in [0.29, 0.717) is 6.04 Å². The van der Waals surface area contributed by atoms with Crippen LogP contribution in [0.2, 0.25) is 0 Å². The molecule has 158 valence electrons. The lowest BCUT2D eigenvalue weighted by atomic mass is 9.98. The van der Waals surface area contributed by atoms with Gasteiger partial charge in [0, 0.05) is 70.0 Å². The smallest absolute Gasteiger partial charge is 0.128 e. The van der Waals surface area contributed by atoms with Gasteiger partial charge in [-0.15, -0.1) is 0 Å². The second-order valence-electron chi connectivity index (χ2n) is 8.66. The molecular weight excluding hydrogens is 346 g/mol. The Morgan fingerprint density at radius 3 is 2.21 bits per heavy atom. The zero-order valence-electron chi connectivity index (χ0n) is 18.6. The summed E-state index contributed by atoms with van der Waals surface area (Å²) in [5.74, 6) is 1.96. The molecular formula is C23H41N5. The van der Waals surface area contributed by atoms with Crippen molar-refractivity contribution in [2.45, 2.75) is 52.6 Å². The average Bonchev–Trinajstić information content (AvgIpc) is 2.73. The molecule has 1 aromatic rings. The molecule has 28 heavy (non-hydrogen) atoms. The van der Waals surface area contributed by atoms with Gasteiger partial charge in [-0.25, -0.2) is 4.98 Å². The Labute approximate surface area is 172 Å². The van der Waals surface area contributed by atoms with Gasteiger partial charge in [-0.05, 0) is 51.9 Å². The van der Waals surface area contributed by atoms with Crippen molar-refractivity contribution in [1.29, 1.82) is 0 Å². The van der Waals surface area contributed by atoms with E-state index in [-0.39, 0.29) is 0 Å². The van der Waals surface area contributed by atoms with Gasteiger partial charge in [-0.3, -0.25) is 4.90 Å². The topological polar surface area (TPSA) is 25.9 Å². The normalized spacial score (nSPS) is 23.4. The molecule has 4 heterocycles. The van der Waals surface area contributed by atoms with E-state index in [1.165, 1.54) is 71.7 Å². The number of hydrogen-bond donors (Lipinski definition) is 0. The summed E-state index contributed by atoms with van der Waals surface area (Å²) >= 11 is 0. The summed E-state index contributed by atoms with van der Waals surface area (Å²) in [6.07, 6.45) is 4.62. The van der Waals surface area contributed by atoms with Crippen molar-refractivity contribution in [1.82, 2.24) is 19.7 Å². The maximum atomic E-state index is 4.46. The number of pyridine rings is 1. The van der Waals surface area contributed by atoms with Crippen molar-refractivity contribution < 1.29 is 0 Å². The molecule has 0 atom stereocenters. The molecule has 3 fully saturated rings. The number of hydrogen-bond acceptors (Lipinski definition) is 5. The number of likely N-dealkylation sites (tertiary alicyclic amines) is 1. The minimum Gasteiger partial charge on any atom is -0.356 e. The predicted octanol–water partition coefficient (Wildman–Crippen LogP) is 3.03. The number of aromatic nitrogens is 1. The van der Waals surface area contributed by atoms with Crippen molar-refractivity contribution in [2.24, 2.45) is 5.92 Å². The van der Waals surface area contributed by atoms with Crippen LogP contribution in [0.1, 0.15) is 40.5 Å². The van der Waals surface area contributed by atoms with Crippen LogP contribution in [-0.4, -0.2) is 90.7 Å². The highest BCUT2D eigenvalue weighted by Crippen LogP contribution is 2.24. The lowest BCUT2D eigenvalue weighted by Gasteiger charge is -2.46. The molecule has 0 aliphatic carbocycles. The minimum atomic E-state index is 0.709. The van der Waals surface area contributed by atoms with Crippen LogP contribution in [0, 0.1) is 5.92 Å². The van der Waals surface area contributed by atoms with Crippen molar-refractivity contribution in [2.75, 3.05) is 63.8 Å². The molecule has 1 aromatic heterocycles. The summed E-state index contributed by atoms with van der Waals surface area (Å²) in [4.78, 5) is 15.0. The quantitative estimate of drug-likeness (QED) is 0.774. The Hall–Kier alpha value is -1.17. The van der Waals surface area contributed by atoms with Crippen LogP contribution < -0.4 is 4.90 Å². The number of piperazine rings is 1. The molecule has 3 saturated heterocycles. The van der Waals surface area contributed by atoms with Crippen molar-refractivity contribution in [3.63, 3.8) is 0 Å². The van der Waals surface area contributed by atoms with Gasteiger partial charge in [-0.1, -0.05) is 19.9 Å². The molecule has 0 unspecified atom stereocenters. The summed E-state index contributed by atoms with van der Waals surface area (Å²) in [6.45, 7) is 19.9. The zero-order valence-corrected chi connectivity index (χ0v) is 18.6. The first-order valence-corrected chi connectivity index (χ1v) is 11.6. The number of piperidine rings is 1. The van der Waals surface area contributed by atoms with Crippen LogP contribution >= 0.6 is 0 Å². The van der Waals surface area contributed by atoms with Gasteiger partial charge in [-0.2, -0.15) is 0 Å².